The summed E-state index contributed by atoms with van der Waals surface area (Å²) >= 11 is 0. The summed E-state index contributed by atoms with van der Waals surface area (Å²) in [5.41, 5.74) is 5.10. The maximum Gasteiger partial charge on any atom is 0.237 e. The molecule has 0 radical (unpaired) electrons. The van der Waals surface area contributed by atoms with Gasteiger partial charge in [-0.25, -0.2) is 0 Å². The number of hydrogen-bond acceptors (Lipinski definition) is 3. The second-order valence-corrected chi connectivity index (χ2v) is 6.92. The van der Waals surface area contributed by atoms with E-state index in [1.807, 2.05) is 0 Å². The third-order valence-corrected chi connectivity index (χ3v) is 4.85. The molecule has 0 bridgehead atoms. The van der Waals surface area contributed by atoms with Crippen LogP contribution >= 0.6 is 0 Å². The highest BCUT2D eigenvalue weighted by Gasteiger charge is 2.42. The average molecular weight is 282 g/mol. The molecule has 2 aliphatic carbocycles. The van der Waals surface area contributed by atoms with Gasteiger partial charge in [-0.2, -0.15) is 0 Å². The largest absolute Gasteiger partial charge is 0.378 e. The molecule has 0 aromatic rings. The molecule has 1 amide bonds. The van der Waals surface area contributed by atoms with Gasteiger partial charge in [0.2, 0.25) is 5.91 Å². The lowest BCUT2D eigenvalue weighted by molar-refractivity contribution is -0.129. The van der Waals surface area contributed by atoms with E-state index >= 15 is 0 Å². The molecule has 2 rings (SSSR count). The minimum Gasteiger partial charge on any atom is -0.378 e. The molecule has 2 atom stereocenters. The second kappa shape index (κ2) is 6.90. The minimum absolute atomic E-state index is 0.183. The van der Waals surface area contributed by atoms with Crippen LogP contribution in [0.4, 0.5) is 0 Å². The second-order valence-electron chi connectivity index (χ2n) is 6.92. The van der Waals surface area contributed by atoms with Gasteiger partial charge in [-0.15, -0.1) is 0 Å². The first-order valence-electron chi connectivity index (χ1n) is 8.21. The molecular formula is C16H30N2O2. The molecule has 20 heavy (non-hydrogen) atoms. The van der Waals surface area contributed by atoms with E-state index in [1.54, 1.807) is 0 Å². The van der Waals surface area contributed by atoms with E-state index < -0.39 is 5.54 Å². The van der Waals surface area contributed by atoms with Gasteiger partial charge in [-0.3, -0.25) is 4.79 Å². The Morgan fingerprint density at radius 1 is 1.35 bits per heavy atom. The van der Waals surface area contributed by atoms with Crippen LogP contribution in [-0.4, -0.2) is 30.2 Å². The number of carbonyl (C=O) groups excluding carboxylic acids is 1. The zero-order valence-corrected chi connectivity index (χ0v) is 13.0. The summed E-state index contributed by atoms with van der Waals surface area (Å²) in [4.78, 5) is 11.9. The Morgan fingerprint density at radius 3 is 2.65 bits per heavy atom. The van der Waals surface area contributed by atoms with Gasteiger partial charge in [0.1, 0.15) is 5.54 Å². The van der Waals surface area contributed by atoms with Gasteiger partial charge in [-0.05, 0) is 45.4 Å². The summed E-state index contributed by atoms with van der Waals surface area (Å²) in [5, 5.41) is 3.39. The van der Waals surface area contributed by atoms with Crippen LogP contribution in [0.5, 0.6) is 0 Å². The van der Waals surface area contributed by atoms with Gasteiger partial charge < -0.3 is 15.8 Å². The Morgan fingerprint density at radius 2 is 2.10 bits per heavy atom. The van der Waals surface area contributed by atoms with Gasteiger partial charge in [-0.1, -0.05) is 19.3 Å². The van der Waals surface area contributed by atoms with Crippen LogP contribution in [0, 0.1) is 5.92 Å². The molecule has 0 aromatic heterocycles. The van der Waals surface area contributed by atoms with Crippen LogP contribution in [0.15, 0.2) is 0 Å². The number of hydrogen-bond donors (Lipinski definition) is 2. The van der Waals surface area contributed by atoms with Crippen molar-refractivity contribution in [1.29, 1.82) is 0 Å². The standard InChI is InChI=1S/C16H30N2O2/c1-12(2)18-16(15(17)19)9-4-7-14(11-16)20-10-8-13-5-3-6-13/h12-14,18H,3-11H2,1-2H3,(H2,17,19). The molecule has 2 unspecified atom stereocenters. The number of ether oxygens (including phenoxy) is 1. The van der Waals surface area contributed by atoms with Crippen LogP contribution < -0.4 is 11.1 Å². The Balaban J connectivity index is 1.82. The lowest BCUT2D eigenvalue weighted by Gasteiger charge is -2.40. The highest BCUT2D eigenvalue weighted by Crippen LogP contribution is 2.32. The monoisotopic (exact) mass is 282 g/mol. The third kappa shape index (κ3) is 3.95. The summed E-state index contributed by atoms with van der Waals surface area (Å²) in [5.74, 6) is 0.659. The summed E-state index contributed by atoms with van der Waals surface area (Å²) < 4.78 is 6.03. The summed E-state index contributed by atoms with van der Waals surface area (Å²) in [6, 6.07) is 0.260. The number of nitrogens with two attached hydrogens (primary N) is 1. The number of nitrogens with one attached hydrogen (secondary N) is 1. The molecular weight excluding hydrogens is 252 g/mol. The van der Waals surface area contributed by atoms with E-state index in [4.69, 9.17) is 10.5 Å². The first-order chi connectivity index (χ1) is 9.52. The van der Waals surface area contributed by atoms with E-state index in [9.17, 15) is 4.79 Å². The van der Waals surface area contributed by atoms with Crippen LogP contribution in [-0.2, 0) is 9.53 Å². The molecule has 0 saturated heterocycles. The summed E-state index contributed by atoms with van der Waals surface area (Å²) in [6.45, 7) is 4.96. The van der Waals surface area contributed by atoms with Crippen LogP contribution in [0.25, 0.3) is 0 Å². The topological polar surface area (TPSA) is 64.3 Å². The fraction of sp³-hybridized carbons (Fsp3) is 0.938. The number of carbonyl (C=O) groups is 1. The van der Waals surface area contributed by atoms with Crippen molar-refractivity contribution in [1.82, 2.24) is 5.32 Å². The molecule has 0 aromatic carbocycles. The first kappa shape index (κ1) is 15.8. The highest BCUT2D eigenvalue weighted by atomic mass is 16.5. The predicted octanol–water partition coefficient (Wildman–Crippen LogP) is 2.36. The molecule has 2 aliphatic rings. The Kier molecular flexibility index (Phi) is 5.44. The first-order valence-corrected chi connectivity index (χ1v) is 8.21. The van der Waals surface area contributed by atoms with Gasteiger partial charge in [0.15, 0.2) is 0 Å². The van der Waals surface area contributed by atoms with Crippen molar-refractivity contribution >= 4 is 5.91 Å². The van der Waals surface area contributed by atoms with Crippen molar-refractivity contribution in [3.8, 4) is 0 Å². The van der Waals surface area contributed by atoms with Crippen LogP contribution in [0.1, 0.15) is 65.2 Å². The van der Waals surface area contributed by atoms with E-state index in [1.165, 1.54) is 25.7 Å². The number of amides is 1. The van der Waals surface area contributed by atoms with Gasteiger partial charge in [0, 0.05) is 19.1 Å². The van der Waals surface area contributed by atoms with E-state index in [0.29, 0.717) is 0 Å². The normalized spacial score (nSPS) is 31.2. The summed E-state index contributed by atoms with van der Waals surface area (Å²) in [7, 11) is 0. The third-order valence-electron chi connectivity index (χ3n) is 4.85. The molecule has 3 N–H and O–H groups in total. The lowest BCUT2D eigenvalue weighted by Crippen LogP contribution is -2.60. The molecule has 0 aliphatic heterocycles. The average Bonchev–Trinajstić information content (AvgIpc) is 2.31. The van der Waals surface area contributed by atoms with Crippen molar-refractivity contribution in [3.05, 3.63) is 0 Å². The maximum absolute atomic E-state index is 11.9. The highest BCUT2D eigenvalue weighted by molar-refractivity contribution is 5.84. The fourth-order valence-corrected chi connectivity index (χ4v) is 3.53. The van der Waals surface area contributed by atoms with Crippen molar-refractivity contribution in [2.24, 2.45) is 11.7 Å². The molecule has 0 spiro atoms. The molecule has 0 heterocycles. The molecule has 4 nitrogen and oxygen atoms in total. The number of primary amides is 1. The van der Waals surface area contributed by atoms with E-state index in [-0.39, 0.29) is 18.1 Å². The number of rotatable bonds is 7. The molecule has 116 valence electrons. The van der Waals surface area contributed by atoms with Crippen molar-refractivity contribution in [3.63, 3.8) is 0 Å². The predicted molar refractivity (Wildman–Crippen MR) is 80.4 cm³/mol. The van der Waals surface area contributed by atoms with Crippen molar-refractivity contribution in [2.75, 3.05) is 6.61 Å². The van der Waals surface area contributed by atoms with Crippen molar-refractivity contribution < 1.29 is 9.53 Å². The van der Waals surface area contributed by atoms with Crippen LogP contribution in [0.3, 0.4) is 0 Å². The molecule has 4 heteroatoms. The SMILES string of the molecule is CC(C)NC1(C(N)=O)CCCC(OCCC2CCC2)C1. The van der Waals surface area contributed by atoms with Crippen LogP contribution in [0.2, 0.25) is 0 Å². The quantitative estimate of drug-likeness (QED) is 0.753. The minimum atomic E-state index is -0.562. The van der Waals surface area contributed by atoms with Gasteiger partial charge in [0.05, 0.1) is 6.10 Å². The Labute approximate surface area is 122 Å². The lowest BCUT2D eigenvalue weighted by atomic mass is 9.79. The van der Waals surface area contributed by atoms with E-state index in [0.717, 1.165) is 38.2 Å². The van der Waals surface area contributed by atoms with Gasteiger partial charge >= 0.3 is 0 Å². The smallest absolute Gasteiger partial charge is 0.237 e. The van der Waals surface area contributed by atoms with Gasteiger partial charge in [0.25, 0.3) is 0 Å². The zero-order chi connectivity index (χ0) is 14.6. The maximum atomic E-state index is 11.9. The fourth-order valence-electron chi connectivity index (χ4n) is 3.53. The zero-order valence-electron chi connectivity index (χ0n) is 13.0. The molecule has 2 saturated carbocycles. The summed E-state index contributed by atoms with van der Waals surface area (Å²) in [6.07, 6.45) is 9.12. The van der Waals surface area contributed by atoms with E-state index in [2.05, 4.69) is 19.2 Å². The Bertz CT molecular complexity index is 328. The molecule has 2 fully saturated rings. The Hall–Kier alpha value is -0.610. The van der Waals surface area contributed by atoms with Crippen molar-refractivity contribution in [2.45, 2.75) is 82.9 Å².